The maximum Gasteiger partial charge on any atom is 0.264 e. The highest BCUT2D eigenvalue weighted by molar-refractivity contribution is 7.86. The summed E-state index contributed by atoms with van der Waals surface area (Å²) in [6, 6.07) is 7.52. The van der Waals surface area contributed by atoms with Crippen LogP contribution >= 0.6 is 0 Å². The lowest BCUT2D eigenvalue weighted by atomic mass is 10.2. The third-order valence-corrected chi connectivity index (χ3v) is 3.34. The Bertz CT molecular complexity index is 484. The molecular formula is C11H16N2O3S. The van der Waals surface area contributed by atoms with Crippen LogP contribution in [0.4, 0.5) is 11.4 Å². The average Bonchev–Trinajstić information content (AvgIpc) is 2.64. The van der Waals surface area contributed by atoms with Crippen molar-refractivity contribution in [1.82, 2.24) is 0 Å². The van der Waals surface area contributed by atoms with Crippen molar-refractivity contribution in [2.24, 2.45) is 0 Å². The van der Waals surface area contributed by atoms with Crippen molar-refractivity contribution in [2.45, 2.75) is 12.5 Å². The largest absolute Gasteiger partial charge is 0.399 e. The van der Waals surface area contributed by atoms with Crippen molar-refractivity contribution < 1.29 is 12.6 Å². The highest BCUT2D eigenvalue weighted by Crippen LogP contribution is 2.23. The van der Waals surface area contributed by atoms with E-state index in [4.69, 9.17) is 9.92 Å². The van der Waals surface area contributed by atoms with E-state index >= 15 is 0 Å². The summed E-state index contributed by atoms with van der Waals surface area (Å²) in [4.78, 5) is 2.09. The van der Waals surface area contributed by atoms with Gasteiger partial charge in [0, 0.05) is 24.5 Å². The fourth-order valence-electron chi connectivity index (χ4n) is 1.97. The fraction of sp³-hybridized carbons (Fsp3) is 0.455. The molecule has 0 aliphatic carbocycles. The van der Waals surface area contributed by atoms with E-state index in [1.165, 1.54) is 0 Å². The van der Waals surface area contributed by atoms with E-state index in [1.54, 1.807) is 0 Å². The zero-order valence-corrected chi connectivity index (χ0v) is 10.5. The van der Waals surface area contributed by atoms with Crippen molar-refractivity contribution >= 4 is 21.5 Å². The van der Waals surface area contributed by atoms with E-state index in [0.717, 1.165) is 30.6 Å². The molecule has 94 valence electrons. The molecule has 1 aliphatic heterocycles. The van der Waals surface area contributed by atoms with E-state index in [-0.39, 0.29) is 6.10 Å². The van der Waals surface area contributed by atoms with Crippen molar-refractivity contribution in [3.63, 3.8) is 0 Å². The molecule has 1 fully saturated rings. The topological polar surface area (TPSA) is 72.6 Å². The first-order chi connectivity index (χ1) is 7.94. The Morgan fingerprint density at radius 3 is 2.59 bits per heavy atom. The van der Waals surface area contributed by atoms with Gasteiger partial charge < -0.3 is 10.6 Å². The van der Waals surface area contributed by atoms with E-state index in [1.807, 2.05) is 24.3 Å². The van der Waals surface area contributed by atoms with Gasteiger partial charge in [-0.1, -0.05) is 0 Å². The van der Waals surface area contributed by atoms with Gasteiger partial charge in [0.2, 0.25) is 0 Å². The molecule has 2 rings (SSSR count). The Kier molecular flexibility index (Phi) is 3.26. The lowest BCUT2D eigenvalue weighted by Gasteiger charge is -2.18. The Labute approximate surface area is 101 Å². The van der Waals surface area contributed by atoms with E-state index in [2.05, 4.69) is 4.90 Å². The van der Waals surface area contributed by atoms with Crippen LogP contribution in [0.15, 0.2) is 24.3 Å². The van der Waals surface area contributed by atoms with Crippen LogP contribution in [0.25, 0.3) is 0 Å². The average molecular weight is 256 g/mol. The maximum atomic E-state index is 11.0. The summed E-state index contributed by atoms with van der Waals surface area (Å²) in [6.45, 7) is 1.39. The molecule has 0 aromatic heterocycles. The highest BCUT2D eigenvalue weighted by atomic mass is 32.2. The molecule has 6 heteroatoms. The van der Waals surface area contributed by atoms with Gasteiger partial charge in [-0.15, -0.1) is 0 Å². The Morgan fingerprint density at radius 1 is 1.35 bits per heavy atom. The summed E-state index contributed by atoms with van der Waals surface area (Å²) in [7, 11) is -3.37. The van der Waals surface area contributed by atoms with Crippen molar-refractivity contribution in [3.8, 4) is 0 Å². The van der Waals surface area contributed by atoms with Crippen LogP contribution in [0.1, 0.15) is 6.42 Å². The molecule has 1 aromatic carbocycles. The predicted molar refractivity (Wildman–Crippen MR) is 67.4 cm³/mol. The van der Waals surface area contributed by atoms with Gasteiger partial charge >= 0.3 is 0 Å². The number of hydrogen-bond acceptors (Lipinski definition) is 5. The number of benzene rings is 1. The fourth-order valence-corrected chi connectivity index (χ4v) is 2.63. The minimum absolute atomic E-state index is 0.248. The van der Waals surface area contributed by atoms with Gasteiger partial charge in [0.1, 0.15) is 0 Å². The monoisotopic (exact) mass is 256 g/mol. The lowest BCUT2D eigenvalue weighted by molar-refractivity contribution is 0.234. The van der Waals surface area contributed by atoms with E-state index < -0.39 is 10.1 Å². The van der Waals surface area contributed by atoms with Gasteiger partial charge in [0.05, 0.1) is 12.4 Å². The maximum absolute atomic E-state index is 11.0. The molecule has 0 radical (unpaired) electrons. The van der Waals surface area contributed by atoms with Crippen molar-refractivity contribution in [1.29, 1.82) is 0 Å². The van der Waals surface area contributed by atoms with E-state index in [9.17, 15) is 8.42 Å². The second kappa shape index (κ2) is 4.54. The first-order valence-corrected chi connectivity index (χ1v) is 7.24. The molecule has 1 saturated heterocycles. The molecular weight excluding hydrogens is 240 g/mol. The van der Waals surface area contributed by atoms with E-state index in [0.29, 0.717) is 6.54 Å². The van der Waals surface area contributed by atoms with Gasteiger partial charge in [-0.25, -0.2) is 0 Å². The summed E-state index contributed by atoms with van der Waals surface area (Å²) < 4.78 is 27.0. The van der Waals surface area contributed by atoms with Crippen LogP contribution in [0.5, 0.6) is 0 Å². The SMILES string of the molecule is CS(=O)(=O)OC1CCN(c2ccc(N)cc2)C1. The first-order valence-electron chi connectivity index (χ1n) is 5.43. The highest BCUT2D eigenvalue weighted by Gasteiger charge is 2.26. The molecule has 1 atom stereocenters. The number of anilines is 2. The van der Waals surface area contributed by atoms with Crippen LogP contribution in [-0.4, -0.2) is 33.9 Å². The smallest absolute Gasteiger partial charge is 0.264 e. The van der Waals surface area contributed by atoms with Crippen LogP contribution in [-0.2, 0) is 14.3 Å². The second-order valence-electron chi connectivity index (χ2n) is 4.25. The summed E-state index contributed by atoms with van der Waals surface area (Å²) in [5.74, 6) is 0. The molecule has 1 heterocycles. The Balaban J connectivity index is 2.00. The minimum Gasteiger partial charge on any atom is -0.399 e. The molecule has 0 amide bonds. The van der Waals surface area contributed by atoms with Gasteiger partial charge in [-0.05, 0) is 30.7 Å². The molecule has 0 bridgehead atoms. The van der Waals surface area contributed by atoms with Crippen LogP contribution in [0, 0.1) is 0 Å². The molecule has 1 unspecified atom stereocenters. The van der Waals surface area contributed by atoms with Crippen molar-refractivity contribution in [2.75, 3.05) is 30.0 Å². The number of nitrogens with two attached hydrogens (primary N) is 1. The van der Waals surface area contributed by atoms with Gasteiger partial charge in [-0.2, -0.15) is 8.42 Å². The third kappa shape index (κ3) is 3.34. The number of rotatable bonds is 3. The van der Waals surface area contributed by atoms with Gasteiger partial charge in [0.15, 0.2) is 0 Å². The molecule has 1 aliphatic rings. The molecule has 2 N–H and O–H groups in total. The van der Waals surface area contributed by atoms with Crippen LogP contribution in [0.3, 0.4) is 0 Å². The summed E-state index contributed by atoms with van der Waals surface area (Å²) in [6.07, 6.45) is 1.55. The number of hydrogen-bond donors (Lipinski definition) is 1. The summed E-state index contributed by atoms with van der Waals surface area (Å²) >= 11 is 0. The van der Waals surface area contributed by atoms with Gasteiger partial charge in [0.25, 0.3) is 10.1 Å². The van der Waals surface area contributed by atoms with Crippen molar-refractivity contribution in [3.05, 3.63) is 24.3 Å². The third-order valence-electron chi connectivity index (χ3n) is 2.71. The molecule has 0 spiro atoms. The first kappa shape index (κ1) is 12.2. The zero-order valence-electron chi connectivity index (χ0n) is 9.67. The molecule has 17 heavy (non-hydrogen) atoms. The second-order valence-corrected chi connectivity index (χ2v) is 5.85. The zero-order chi connectivity index (χ0) is 12.5. The predicted octanol–water partition coefficient (Wildman–Crippen LogP) is 0.824. The summed E-state index contributed by atoms with van der Waals surface area (Å²) in [5, 5.41) is 0. The quantitative estimate of drug-likeness (QED) is 0.640. The lowest BCUT2D eigenvalue weighted by Crippen LogP contribution is -2.24. The Morgan fingerprint density at radius 2 is 2.00 bits per heavy atom. The van der Waals surface area contributed by atoms with Gasteiger partial charge in [-0.3, -0.25) is 4.18 Å². The normalized spacial score (nSPS) is 20.8. The summed E-state index contributed by atoms with van der Waals surface area (Å²) in [5.41, 5.74) is 7.37. The standard InChI is InChI=1S/C11H16N2O3S/c1-17(14,15)16-11-6-7-13(8-11)10-4-2-9(12)3-5-10/h2-5,11H,6-8,12H2,1H3. The number of nitrogen functional groups attached to an aromatic ring is 1. The van der Waals surface area contributed by atoms with Crippen LogP contribution < -0.4 is 10.6 Å². The minimum atomic E-state index is -3.37. The molecule has 5 nitrogen and oxygen atoms in total. The Hall–Kier alpha value is -1.27. The van der Waals surface area contributed by atoms with Crippen LogP contribution in [0.2, 0.25) is 0 Å². The molecule has 0 saturated carbocycles. The number of nitrogens with zero attached hydrogens (tertiary/aromatic N) is 1. The molecule has 1 aromatic rings.